The third-order valence-electron chi connectivity index (χ3n) is 3.24. The standard InChI is InChI=1S/C17H29N/c1-6-7-8-17(18-13(2)3)12-16-10-14(4)9-15(5)11-16/h9-11,13,17-18H,6-8,12H2,1-5H3. The third-order valence-corrected chi connectivity index (χ3v) is 3.24. The van der Waals surface area contributed by atoms with Gasteiger partial charge in [0.1, 0.15) is 0 Å². The number of hydrogen-bond donors (Lipinski definition) is 1. The number of rotatable bonds is 7. The van der Waals surface area contributed by atoms with Crippen LogP contribution in [-0.2, 0) is 6.42 Å². The predicted molar refractivity (Wildman–Crippen MR) is 81.2 cm³/mol. The van der Waals surface area contributed by atoms with E-state index in [1.54, 1.807) is 0 Å². The van der Waals surface area contributed by atoms with Gasteiger partial charge in [-0.05, 0) is 32.3 Å². The zero-order valence-corrected chi connectivity index (χ0v) is 12.7. The number of hydrogen-bond acceptors (Lipinski definition) is 1. The van der Waals surface area contributed by atoms with Gasteiger partial charge in [-0.2, -0.15) is 0 Å². The van der Waals surface area contributed by atoms with Gasteiger partial charge in [0.2, 0.25) is 0 Å². The Morgan fingerprint density at radius 3 is 2.17 bits per heavy atom. The van der Waals surface area contributed by atoms with E-state index in [1.165, 1.54) is 36.0 Å². The van der Waals surface area contributed by atoms with Gasteiger partial charge in [0.05, 0.1) is 0 Å². The molecule has 1 unspecified atom stereocenters. The fourth-order valence-electron chi connectivity index (χ4n) is 2.64. The Morgan fingerprint density at radius 1 is 1.06 bits per heavy atom. The van der Waals surface area contributed by atoms with Crippen LogP contribution in [0.2, 0.25) is 0 Å². The van der Waals surface area contributed by atoms with Crippen LogP contribution in [0.15, 0.2) is 18.2 Å². The second-order valence-electron chi connectivity index (χ2n) is 5.86. The van der Waals surface area contributed by atoms with Crippen molar-refractivity contribution in [3.05, 3.63) is 34.9 Å². The second-order valence-corrected chi connectivity index (χ2v) is 5.86. The first kappa shape index (κ1) is 15.2. The van der Waals surface area contributed by atoms with Gasteiger partial charge < -0.3 is 5.32 Å². The minimum atomic E-state index is 0.567. The molecule has 0 aromatic heterocycles. The fraction of sp³-hybridized carbons (Fsp3) is 0.647. The van der Waals surface area contributed by atoms with Crippen LogP contribution in [0.1, 0.15) is 56.7 Å². The van der Waals surface area contributed by atoms with Crippen molar-refractivity contribution in [2.45, 2.75) is 72.4 Å². The first-order chi connectivity index (χ1) is 8.51. The van der Waals surface area contributed by atoms with Crippen LogP contribution >= 0.6 is 0 Å². The van der Waals surface area contributed by atoms with Crippen LogP contribution < -0.4 is 5.32 Å². The Kier molecular flexibility index (Phi) is 6.42. The number of benzene rings is 1. The van der Waals surface area contributed by atoms with Gasteiger partial charge in [0, 0.05) is 12.1 Å². The van der Waals surface area contributed by atoms with Crippen molar-refractivity contribution in [1.29, 1.82) is 0 Å². The molecular weight excluding hydrogens is 218 g/mol. The van der Waals surface area contributed by atoms with E-state index in [-0.39, 0.29) is 0 Å². The van der Waals surface area contributed by atoms with Gasteiger partial charge in [-0.25, -0.2) is 0 Å². The molecule has 0 fully saturated rings. The molecule has 18 heavy (non-hydrogen) atoms. The van der Waals surface area contributed by atoms with E-state index in [0.717, 1.165) is 6.42 Å². The van der Waals surface area contributed by atoms with Crippen molar-refractivity contribution < 1.29 is 0 Å². The van der Waals surface area contributed by atoms with Crippen LogP contribution in [0.5, 0.6) is 0 Å². The van der Waals surface area contributed by atoms with Gasteiger partial charge in [-0.1, -0.05) is 62.9 Å². The fourth-order valence-corrected chi connectivity index (χ4v) is 2.64. The summed E-state index contributed by atoms with van der Waals surface area (Å²) in [4.78, 5) is 0. The predicted octanol–water partition coefficient (Wildman–Crippen LogP) is 4.40. The molecule has 0 saturated carbocycles. The van der Waals surface area contributed by atoms with E-state index in [1.807, 2.05) is 0 Å². The molecule has 0 spiro atoms. The molecule has 0 aliphatic heterocycles. The lowest BCUT2D eigenvalue weighted by Crippen LogP contribution is -2.36. The summed E-state index contributed by atoms with van der Waals surface area (Å²) in [6.45, 7) is 11.1. The molecule has 0 bridgehead atoms. The number of aryl methyl sites for hydroxylation is 2. The maximum absolute atomic E-state index is 3.70. The molecule has 1 aromatic rings. The molecule has 0 saturated heterocycles. The monoisotopic (exact) mass is 247 g/mol. The van der Waals surface area contributed by atoms with Crippen molar-refractivity contribution in [1.82, 2.24) is 5.32 Å². The lowest BCUT2D eigenvalue weighted by molar-refractivity contribution is 0.424. The highest BCUT2D eigenvalue weighted by molar-refractivity contribution is 5.29. The Bertz CT molecular complexity index is 334. The molecule has 1 aromatic carbocycles. The van der Waals surface area contributed by atoms with Crippen LogP contribution in [0.4, 0.5) is 0 Å². The number of nitrogens with one attached hydrogen (secondary N) is 1. The first-order valence-corrected chi connectivity index (χ1v) is 7.34. The minimum absolute atomic E-state index is 0.567. The van der Waals surface area contributed by atoms with Gasteiger partial charge in [-0.15, -0.1) is 0 Å². The lowest BCUT2D eigenvalue weighted by atomic mass is 9.97. The molecule has 1 N–H and O–H groups in total. The molecule has 102 valence electrons. The second kappa shape index (κ2) is 7.58. The molecule has 1 atom stereocenters. The van der Waals surface area contributed by atoms with Gasteiger partial charge in [0.25, 0.3) is 0 Å². The third kappa shape index (κ3) is 5.68. The highest BCUT2D eigenvalue weighted by atomic mass is 14.9. The Morgan fingerprint density at radius 2 is 1.67 bits per heavy atom. The smallest absolute Gasteiger partial charge is 0.0110 e. The van der Waals surface area contributed by atoms with Crippen molar-refractivity contribution in [3.63, 3.8) is 0 Å². The summed E-state index contributed by atoms with van der Waals surface area (Å²) >= 11 is 0. The van der Waals surface area contributed by atoms with Crippen molar-refractivity contribution >= 4 is 0 Å². The zero-order valence-electron chi connectivity index (χ0n) is 12.7. The van der Waals surface area contributed by atoms with Crippen molar-refractivity contribution in [2.24, 2.45) is 0 Å². The first-order valence-electron chi connectivity index (χ1n) is 7.34. The van der Waals surface area contributed by atoms with Gasteiger partial charge in [-0.3, -0.25) is 0 Å². The minimum Gasteiger partial charge on any atom is -0.311 e. The van der Waals surface area contributed by atoms with E-state index in [2.05, 4.69) is 58.1 Å². The molecular formula is C17H29N. The van der Waals surface area contributed by atoms with Crippen LogP contribution in [-0.4, -0.2) is 12.1 Å². The largest absolute Gasteiger partial charge is 0.311 e. The molecule has 0 radical (unpaired) electrons. The normalized spacial score (nSPS) is 13.0. The van der Waals surface area contributed by atoms with Crippen molar-refractivity contribution in [2.75, 3.05) is 0 Å². The van der Waals surface area contributed by atoms with E-state index >= 15 is 0 Å². The summed E-state index contributed by atoms with van der Waals surface area (Å²) in [6, 6.07) is 8.09. The summed E-state index contributed by atoms with van der Waals surface area (Å²) < 4.78 is 0. The average molecular weight is 247 g/mol. The highest BCUT2D eigenvalue weighted by Gasteiger charge is 2.10. The van der Waals surface area contributed by atoms with Gasteiger partial charge in [0.15, 0.2) is 0 Å². The molecule has 0 aliphatic rings. The highest BCUT2D eigenvalue weighted by Crippen LogP contribution is 2.14. The summed E-state index contributed by atoms with van der Waals surface area (Å²) in [5.41, 5.74) is 4.23. The van der Waals surface area contributed by atoms with Gasteiger partial charge >= 0.3 is 0 Å². The zero-order chi connectivity index (χ0) is 13.5. The van der Waals surface area contributed by atoms with Crippen LogP contribution in [0, 0.1) is 13.8 Å². The molecule has 1 nitrogen and oxygen atoms in total. The van der Waals surface area contributed by atoms with E-state index in [0.29, 0.717) is 12.1 Å². The molecule has 0 amide bonds. The summed E-state index contributed by atoms with van der Waals surface area (Å²) in [6.07, 6.45) is 5.03. The van der Waals surface area contributed by atoms with E-state index in [4.69, 9.17) is 0 Å². The summed E-state index contributed by atoms with van der Waals surface area (Å²) in [5.74, 6) is 0. The SMILES string of the molecule is CCCCC(Cc1cc(C)cc(C)c1)NC(C)C. The van der Waals surface area contributed by atoms with E-state index < -0.39 is 0 Å². The van der Waals surface area contributed by atoms with Crippen LogP contribution in [0.3, 0.4) is 0 Å². The Balaban J connectivity index is 2.68. The summed E-state index contributed by atoms with van der Waals surface area (Å²) in [7, 11) is 0. The molecule has 0 heterocycles. The quantitative estimate of drug-likeness (QED) is 0.753. The average Bonchev–Trinajstić information content (AvgIpc) is 2.23. The molecule has 1 heteroatoms. The summed E-state index contributed by atoms with van der Waals surface area (Å²) in [5, 5.41) is 3.70. The lowest BCUT2D eigenvalue weighted by Gasteiger charge is -2.21. The molecule has 0 aliphatic carbocycles. The Hall–Kier alpha value is -0.820. The van der Waals surface area contributed by atoms with Crippen molar-refractivity contribution in [3.8, 4) is 0 Å². The van der Waals surface area contributed by atoms with Crippen LogP contribution in [0.25, 0.3) is 0 Å². The number of unbranched alkanes of at least 4 members (excludes halogenated alkanes) is 1. The molecule has 1 rings (SSSR count). The maximum atomic E-state index is 3.70. The Labute approximate surface area is 113 Å². The topological polar surface area (TPSA) is 12.0 Å². The maximum Gasteiger partial charge on any atom is 0.0110 e. The van der Waals surface area contributed by atoms with E-state index in [9.17, 15) is 0 Å².